The van der Waals surface area contributed by atoms with E-state index in [2.05, 4.69) is 11.2 Å². The van der Waals surface area contributed by atoms with Gasteiger partial charge in [0.15, 0.2) is 0 Å². The normalized spacial score (nSPS) is 19.5. The average molecular weight is 399 g/mol. The number of aliphatic hydroxyl groups is 1. The number of hydrogen-bond acceptors (Lipinski definition) is 6. The Morgan fingerprint density at radius 1 is 1.20 bits per heavy atom. The smallest absolute Gasteiger partial charge is 0.249 e. The minimum absolute atomic E-state index is 0.0147. The third-order valence-corrected chi connectivity index (χ3v) is 5.64. The number of anilines is 1. The van der Waals surface area contributed by atoms with Gasteiger partial charge in [-0.1, -0.05) is 36.4 Å². The minimum Gasteiger partial charge on any atom is -0.422 e. The Balaban J connectivity index is 1.91. The van der Waals surface area contributed by atoms with E-state index in [4.69, 9.17) is 10.5 Å². The number of amides is 1. The summed E-state index contributed by atoms with van der Waals surface area (Å²) >= 11 is 0. The molecule has 3 heterocycles. The van der Waals surface area contributed by atoms with Crippen LogP contribution in [0.25, 0.3) is 5.69 Å². The molecule has 1 amide bonds. The van der Waals surface area contributed by atoms with Crippen molar-refractivity contribution in [1.29, 1.82) is 5.26 Å². The van der Waals surface area contributed by atoms with Crippen LogP contribution in [0, 0.1) is 18.3 Å². The lowest BCUT2D eigenvalue weighted by atomic mass is 9.69. The van der Waals surface area contributed by atoms with Crippen LogP contribution in [-0.2, 0) is 10.2 Å². The Labute approximate surface area is 172 Å². The Hall–Kier alpha value is -4.09. The van der Waals surface area contributed by atoms with E-state index in [1.165, 1.54) is 4.90 Å². The Morgan fingerprint density at radius 3 is 2.60 bits per heavy atom. The molecule has 3 N–H and O–H groups in total. The molecule has 1 aromatic heterocycles. The van der Waals surface area contributed by atoms with Crippen molar-refractivity contribution in [3.63, 3.8) is 0 Å². The lowest BCUT2D eigenvalue weighted by Gasteiger charge is -2.32. The van der Waals surface area contributed by atoms with Crippen molar-refractivity contribution in [2.75, 3.05) is 11.6 Å². The van der Waals surface area contributed by atoms with Gasteiger partial charge in [0.2, 0.25) is 17.7 Å². The van der Waals surface area contributed by atoms with Gasteiger partial charge in [-0.2, -0.15) is 10.4 Å². The molecule has 0 aliphatic carbocycles. The Kier molecular flexibility index (Phi) is 3.72. The van der Waals surface area contributed by atoms with E-state index in [1.807, 2.05) is 30.3 Å². The number of nitrogens with two attached hydrogens (primary N) is 1. The third-order valence-electron chi connectivity index (χ3n) is 5.64. The largest absolute Gasteiger partial charge is 0.422 e. The summed E-state index contributed by atoms with van der Waals surface area (Å²) in [5.41, 5.74) is 7.41. The van der Waals surface area contributed by atoms with Crippen molar-refractivity contribution in [1.82, 2.24) is 9.78 Å². The van der Waals surface area contributed by atoms with Gasteiger partial charge in [-0.15, -0.1) is 0 Å². The summed E-state index contributed by atoms with van der Waals surface area (Å²) in [5, 5.41) is 24.6. The molecule has 8 nitrogen and oxygen atoms in total. The van der Waals surface area contributed by atoms with Crippen LogP contribution in [0.4, 0.5) is 5.69 Å². The van der Waals surface area contributed by atoms with Crippen molar-refractivity contribution in [2.24, 2.45) is 5.73 Å². The number of para-hydroxylation sites is 2. The minimum atomic E-state index is -1.54. The van der Waals surface area contributed by atoms with E-state index in [-0.39, 0.29) is 17.3 Å². The van der Waals surface area contributed by atoms with Gasteiger partial charge in [-0.25, -0.2) is 4.68 Å². The molecule has 8 heteroatoms. The number of nitrogens with zero attached hydrogens (tertiary/aromatic N) is 4. The highest BCUT2D eigenvalue weighted by atomic mass is 16.5. The highest BCUT2D eigenvalue weighted by Crippen LogP contribution is 2.56. The number of nitriles is 1. The maximum absolute atomic E-state index is 13.8. The number of carbonyl (C=O) groups is 1. The number of ether oxygens (including phenoxy) is 1. The van der Waals surface area contributed by atoms with Gasteiger partial charge in [0.05, 0.1) is 22.6 Å². The van der Waals surface area contributed by atoms with Crippen molar-refractivity contribution < 1.29 is 14.6 Å². The first-order valence-corrected chi connectivity index (χ1v) is 9.31. The summed E-state index contributed by atoms with van der Waals surface area (Å²) in [7, 11) is 0. The first-order valence-electron chi connectivity index (χ1n) is 9.31. The fourth-order valence-corrected chi connectivity index (χ4v) is 4.46. The standard InChI is InChI=1S/C22H17N5O3/c1-13-18-20(27(25-13)14-7-3-2-4-8-14)30-19(24)16(11-23)22(18)15-9-5-6-10-17(15)26(12-28)21(22)29/h2-10,28H,12,24H2,1H3. The van der Waals surface area contributed by atoms with Gasteiger partial charge in [0.25, 0.3) is 0 Å². The maximum Gasteiger partial charge on any atom is 0.249 e. The Bertz CT molecular complexity index is 1270. The molecule has 5 rings (SSSR count). The van der Waals surface area contributed by atoms with Crippen molar-refractivity contribution in [3.05, 3.63) is 82.9 Å². The fraction of sp³-hybridized carbons (Fsp3) is 0.136. The second-order valence-electron chi connectivity index (χ2n) is 7.11. The van der Waals surface area contributed by atoms with Crippen LogP contribution >= 0.6 is 0 Å². The lowest BCUT2D eigenvalue weighted by Crippen LogP contribution is -2.46. The molecule has 1 atom stereocenters. The average Bonchev–Trinajstić information content (AvgIpc) is 3.21. The molecule has 2 aliphatic rings. The molecule has 1 spiro atoms. The number of aliphatic hydroxyl groups excluding tert-OH is 1. The highest BCUT2D eigenvalue weighted by molar-refractivity contribution is 6.14. The van der Waals surface area contributed by atoms with E-state index in [0.717, 1.165) is 5.69 Å². The van der Waals surface area contributed by atoms with Crippen molar-refractivity contribution in [3.8, 4) is 17.6 Å². The summed E-state index contributed by atoms with van der Waals surface area (Å²) < 4.78 is 7.44. The van der Waals surface area contributed by atoms with Gasteiger partial charge in [-0.05, 0) is 25.1 Å². The SMILES string of the molecule is Cc1nn(-c2ccccc2)c2c1C1(C(=O)N(CO)c3ccccc31)C(C#N)=C(N)O2. The molecular formula is C22H17N5O3. The molecule has 0 saturated heterocycles. The summed E-state index contributed by atoms with van der Waals surface area (Å²) in [5.74, 6) is -0.353. The third kappa shape index (κ3) is 2.02. The van der Waals surface area contributed by atoms with E-state index >= 15 is 0 Å². The highest BCUT2D eigenvalue weighted by Gasteiger charge is 2.61. The van der Waals surface area contributed by atoms with Crippen LogP contribution in [0.2, 0.25) is 0 Å². The molecule has 2 aliphatic heterocycles. The summed E-state index contributed by atoms with van der Waals surface area (Å²) in [6, 6.07) is 18.4. The summed E-state index contributed by atoms with van der Waals surface area (Å²) in [6.07, 6.45) is 0. The van der Waals surface area contributed by atoms with Crippen molar-refractivity contribution in [2.45, 2.75) is 12.3 Å². The van der Waals surface area contributed by atoms with Crippen molar-refractivity contribution >= 4 is 11.6 Å². The van der Waals surface area contributed by atoms with Crippen LogP contribution in [-0.4, -0.2) is 27.5 Å². The van der Waals surface area contributed by atoms with E-state index in [1.54, 1.807) is 35.9 Å². The molecule has 30 heavy (non-hydrogen) atoms. The van der Waals surface area contributed by atoms with Crippen LogP contribution < -0.4 is 15.4 Å². The first kappa shape index (κ1) is 18.0. The topological polar surface area (TPSA) is 117 Å². The zero-order valence-corrected chi connectivity index (χ0v) is 16.0. The van der Waals surface area contributed by atoms with Crippen LogP contribution in [0.5, 0.6) is 5.88 Å². The number of fused-ring (bicyclic) bond motifs is 4. The number of aromatic nitrogens is 2. The monoisotopic (exact) mass is 399 g/mol. The van der Waals surface area contributed by atoms with E-state index in [0.29, 0.717) is 22.5 Å². The Morgan fingerprint density at radius 2 is 1.90 bits per heavy atom. The quantitative estimate of drug-likeness (QED) is 0.679. The number of rotatable bonds is 2. The van der Waals surface area contributed by atoms with Gasteiger partial charge >= 0.3 is 0 Å². The van der Waals surface area contributed by atoms with Crippen LogP contribution in [0.1, 0.15) is 16.8 Å². The predicted molar refractivity (Wildman–Crippen MR) is 108 cm³/mol. The van der Waals surface area contributed by atoms with E-state index < -0.39 is 18.1 Å². The van der Waals surface area contributed by atoms with Crippen LogP contribution in [0.15, 0.2) is 66.1 Å². The summed E-state index contributed by atoms with van der Waals surface area (Å²) in [6.45, 7) is 1.23. The zero-order chi connectivity index (χ0) is 21.0. The van der Waals surface area contributed by atoms with Gasteiger partial charge < -0.3 is 15.6 Å². The predicted octanol–water partition coefficient (Wildman–Crippen LogP) is 1.85. The van der Waals surface area contributed by atoms with Gasteiger partial charge in [0.1, 0.15) is 23.8 Å². The lowest BCUT2D eigenvalue weighted by molar-refractivity contribution is -0.121. The maximum atomic E-state index is 13.8. The number of aryl methyl sites for hydroxylation is 1. The van der Waals surface area contributed by atoms with Gasteiger partial charge in [-0.3, -0.25) is 9.69 Å². The molecule has 0 radical (unpaired) electrons. The molecule has 0 fully saturated rings. The fourth-order valence-electron chi connectivity index (χ4n) is 4.46. The zero-order valence-electron chi connectivity index (χ0n) is 16.0. The first-order chi connectivity index (χ1) is 14.6. The van der Waals surface area contributed by atoms with Crippen LogP contribution in [0.3, 0.4) is 0 Å². The number of hydrogen-bond donors (Lipinski definition) is 2. The molecule has 0 bridgehead atoms. The number of benzene rings is 2. The molecule has 0 saturated carbocycles. The molecular weight excluding hydrogens is 382 g/mol. The second kappa shape index (κ2) is 6.20. The number of carbonyl (C=O) groups excluding carboxylic acids is 1. The van der Waals surface area contributed by atoms with Gasteiger partial charge in [0, 0.05) is 5.56 Å². The molecule has 1 unspecified atom stereocenters. The second-order valence-corrected chi connectivity index (χ2v) is 7.11. The molecule has 148 valence electrons. The molecule has 2 aromatic carbocycles. The molecule has 3 aromatic rings. The van der Waals surface area contributed by atoms with E-state index in [9.17, 15) is 15.2 Å². The summed E-state index contributed by atoms with van der Waals surface area (Å²) in [4.78, 5) is 15.0.